The monoisotopic (exact) mass is 179 g/mol. The van der Waals surface area contributed by atoms with Crippen molar-refractivity contribution in [2.24, 2.45) is 0 Å². The van der Waals surface area contributed by atoms with Crippen molar-refractivity contribution in [2.45, 2.75) is 0 Å². The Hall–Kier alpha value is 0.0195. The van der Waals surface area contributed by atoms with E-state index in [0.29, 0.717) is 0 Å². The largest absolute Gasteiger partial charge is 0.368 e. The van der Waals surface area contributed by atoms with Crippen LogP contribution in [0.15, 0.2) is 24.5 Å². The van der Waals surface area contributed by atoms with Gasteiger partial charge in [-0.15, -0.1) is 0 Å². The molecule has 0 aliphatic heterocycles. The van der Waals surface area contributed by atoms with E-state index < -0.39 is 0 Å². The third-order valence-corrected chi connectivity index (χ3v) is 0.496. The van der Waals surface area contributed by atoms with Gasteiger partial charge >= 0.3 is 24.9 Å². The molecule has 1 N–H and O–H groups in total. The molecule has 0 aliphatic rings. The molecule has 0 aromatic carbocycles. The van der Waals surface area contributed by atoms with Crippen LogP contribution in [0.2, 0.25) is 0 Å². The molecule has 0 atom stereocenters. The number of H-pyrrole nitrogens is 1. The molecule has 1 nitrogen and oxygen atoms in total. The fourth-order valence-corrected chi connectivity index (χ4v) is 0.278. The van der Waals surface area contributed by atoms with Crippen molar-refractivity contribution < 1.29 is 0 Å². The maximum atomic E-state index is 3.96. The number of nitrogens with one attached hydrogen (secondary N) is 1. The number of hydrogen-bond donors (Lipinski definition) is 1. The van der Waals surface area contributed by atoms with E-state index in [4.69, 9.17) is 0 Å². The van der Waals surface area contributed by atoms with Gasteiger partial charge in [0.25, 0.3) is 0 Å². The molecular weight excluding hydrogens is 173 g/mol. The fraction of sp³-hybridized carbons (Fsp3) is 0. The van der Waals surface area contributed by atoms with Gasteiger partial charge < -0.3 is 4.98 Å². The molecule has 0 radical (unpaired) electrons. The first-order valence-corrected chi connectivity index (χ1v) is 4.18. The average Bonchev–Trinajstić information content (AvgIpc) is 2.23. The van der Waals surface area contributed by atoms with Crippen LogP contribution in [-0.4, -0.2) is 19.4 Å². The Kier molecular flexibility index (Phi) is 6.04. The van der Waals surface area contributed by atoms with Crippen LogP contribution in [0.1, 0.15) is 0 Å². The molecule has 7 heavy (non-hydrogen) atoms. The van der Waals surface area contributed by atoms with Gasteiger partial charge in [-0.2, -0.15) is 0 Å². The normalized spacial score (nSPS) is 6.29. The maximum Gasteiger partial charge on any atom is 0.000496 e. The summed E-state index contributed by atoms with van der Waals surface area (Å²) in [5.74, 6) is 0. The molecule has 1 aromatic rings. The zero-order chi connectivity index (χ0) is 5.54. The van der Waals surface area contributed by atoms with E-state index in [0.717, 1.165) is 0 Å². The van der Waals surface area contributed by atoms with Crippen LogP contribution in [0.5, 0.6) is 0 Å². The van der Waals surface area contributed by atoms with Crippen molar-refractivity contribution in [3.63, 3.8) is 0 Å². The third-order valence-electron chi connectivity index (χ3n) is 0.496. The first-order valence-electron chi connectivity index (χ1n) is 1.74. The first kappa shape index (κ1) is 7.02. The van der Waals surface area contributed by atoms with Gasteiger partial charge in [-0.1, -0.05) is 0 Å². The van der Waals surface area contributed by atoms with Gasteiger partial charge in [-0.3, -0.25) is 0 Å². The SMILES string of the molecule is S=[Se].c1cc[nH]c1. The summed E-state index contributed by atoms with van der Waals surface area (Å²) in [5, 5.41) is 0. The molecule has 0 saturated carbocycles. The van der Waals surface area contributed by atoms with Crippen molar-refractivity contribution in [1.82, 2.24) is 4.98 Å². The zero-order valence-electron chi connectivity index (χ0n) is 3.63. The Morgan fingerprint density at radius 2 is 1.57 bits per heavy atom. The molecule has 1 rings (SSSR count). The topological polar surface area (TPSA) is 15.8 Å². The molecule has 1 aromatic heterocycles. The molecule has 1 heterocycles. The number of aromatic nitrogens is 1. The van der Waals surface area contributed by atoms with Crippen LogP contribution in [0.25, 0.3) is 0 Å². The quantitative estimate of drug-likeness (QED) is 0.592. The van der Waals surface area contributed by atoms with Crippen LogP contribution < -0.4 is 0 Å². The summed E-state index contributed by atoms with van der Waals surface area (Å²) < 4.78 is 0. The van der Waals surface area contributed by atoms with E-state index in [1.54, 1.807) is 0 Å². The predicted molar refractivity (Wildman–Crippen MR) is 34.1 cm³/mol. The number of rotatable bonds is 0. The summed E-state index contributed by atoms with van der Waals surface area (Å²) >= 11 is 2.21. The Morgan fingerprint density at radius 3 is 1.71 bits per heavy atom. The van der Waals surface area contributed by atoms with E-state index in [1.165, 1.54) is 0 Å². The third kappa shape index (κ3) is 3.86. The van der Waals surface area contributed by atoms with E-state index in [9.17, 15) is 0 Å². The second-order valence-corrected chi connectivity index (χ2v) is 0.885. The summed E-state index contributed by atoms with van der Waals surface area (Å²) in [5.41, 5.74) is 0. The fourth-order valence-electron chi connectivity index (χ4n) is 0.278. The molecule has 3 heteroatoms. The van der Waals surface area contributed by atoms with Crippen molar-refractivity contribution in [1.29, 1.82) is 0 Å². The van der Waals surface area contributed by atoms with Crippen molar-refractivity contribution in [3.05, 3.63) is 24.5 Å². The minimum absolute atomic E-state index is 1.88. The molecule has 0 bridgehead atoms. The maximum absolute atomic E-state index is 3.96. The van der Waals surface area contributed by atoms with Crippen LogP contribution in [0.3, 0.4) is 0 Å². The summed E-state index contributed by atoms with van der Waals surface area (Å²) in [6.45, 7) is 0. The standard InChI is InChI=1S/C4H5N.SSe/c1-2-4-5-3-1;1-2/h1-5H;. The smallest absolute Gasteiger partial charge is 0.000496 e. The minimum Gasteiger partial charge on any atom is -0.368 e. The van der Waals surface area contributed by atoms with Gasteiger partial charge in [0.15, 0.2) is 0 Å². The van der Waals surface area contributed by atoms with Crippen LogP contribution in [-0.2, 0) is 0 Å². The van der Waals surface area contributed by atoms with Crippen molar-refractivity contribution >= 4 is 24.9 Å². The predicted octanol–water partition coefficient (Wildman–Crippen LogP) is 1.28. The first-order chi connectivity index (χ1) is 3.50. The van der Waals surface area contributed by atoms with Crippen molar-refractivity contribution in [2.75, 3.05) is 0 Å². The van der Waals surface area contributed by atoms with Crippen LogP contribution >= 0.6 is 10.6 Å². The zero-order valence-corrected chi connectivity index (χ0v) is 6.16. The number of hydrogen-bond acceptors (Lipinski definition) is 1. The Bertz CT molecular complexity index is 78.6. The molecule has 0 fully saturated rings. The summed E-state index contributed by atoms with van der Waals surface area (Å²) in [7, 11) is 3.96. The van der Waals surface area contributed by atoms with E-state index in [1.807, 2.05) is 24.5 Å². The number of aromatic amines is 1. The van der Waals surface area contributed by atoms with Gasteiger partial charge in [-0.05, 0) is 12.1 Å². The molecule has 0 aliphatic carbocycles. The van der Waals surface area contributed by atoms with Gasteiger partial charge in [-0.25, -0.2) is 0 Å². The van der Waals surface area contributed by atoms with E-state index >= 15 is 0 Å². The molecule has 0 amide bonds. The van der Waals surface area contributed by atoms with Gasteiger partial charge in [0.05, 0.1) is 0 Å². The second-order valence-electron chi connectivity index (χ2n) is 0.885. The Labute approximate surface area is 54.8 Å². The Morgan fingerprint density at radius 1 is 1.14 bits per heavy atom. The van der Waals surface area contributed by atoms with Gasteiger partial charge in [0.1, 0.15) is 0 Å². The summed E-state index contributed by atoms with van der Waals surface area (Å²) in [4.78, 5) is 2.86. The van der Waals surface area contributed by atoms with Crippen LogP contribution in [0, 0.1) is 0 Å². The molecule has 0 spiro atoms. The summed E-state index contributed by atoms with van der Waals surface area (Å²) in [6.07, 6.45) is 3.75. The average molecular weight is 178 g/mol. The molecule has 38 valence electrons. The minimum atomic E-state index is 1.88. The summed E-state index contributed by atoms with van der Waals surface area (Å²) in [6, 6.07) is 3.89. The van der Waals surface area contributed by atoms with Gasteiger partial charge in [0.2, 0.25) is 0 Å². The Balaban J connectivity index is 0.000000162. The molecular formula is C4H5NSSe. The van der Waals surface area contributed by atoms with Crippen molar-refractivity contribution in [3.8, 4) is 0 Å². The van der Waals surface area contributed by atoms with Gasteiger partial charge in [0, 0.05) is 12.4 Å². The van der Waals surface area contributed by atoms with E-state index in [2.05, 4.69) is 29.9 Å². The van der Waals surface area contributed by atoms with Crippen LogP contribution in [0.4, 0.5) is 0 Å². The molecule has 0 unspecified atom stereocenters. The second kappa shape index (κ2) is 6.02. The van der Waals surface area contributed by atoms with E-state index in [-0.39, 0.29) is 0 Å². The molecule has 0 saturated heterocycles.